The largest absolute Gasteiger partial charge is 0.465 e. The predicted octanol–water partition coefficient (Wildman–Crippen LogP) is 4.52. The molecule has 3 saturated heterocycles. The van der Waals surface area contributed by atoms with Gasteiger partial charge in [0.05, 0.1) is 37.2 Å². The van der Waals surface area contributed by atoms with Crippen LogP contribution in [0, 0.1) is 17.8 Å². The Hall–Kier alpha value is -2.20. The van der Waals surface area contributed by atoms with Crippen LogP contribution in [0.3, 0.4) is 0 Å². The lowest BCUT2D eigenvalue weighted by Gasteiger charge is -2.41. The number of benzene rings is 1. The number of fused-ring (bicyclic) bond motifs is 1. The summed E-state index contributed by atoms with van der Waals surface area (Å²) < 4.78 is 12.2. The van der Waals surface area contributed by atoms with Gasteiger partial charge in [0.1, 0.15) is 11.6 Å². The van der Waals surface area contributed by atoms with E-state index in [1.165, 1.54) is 4.90 Å². The molecule has 1 aromatic rings. The molecular formula is C30H38BrClN2O6. The number of carbonyl (C=O) groups excluding carboxylic acids is 3. The number of unbranched alkanes of at least 4 members (excludes halogenated alkanes) is 1. The van der Waals surface area contributed by atoms with Crippen molar-refractivity contribution >= 4 is 51.0 Å². The van der Waals surface area contributed by atoms with E-state index in [1.54, 1.807) is 41.3 Å². The van der Waals surface area contributed by atoms with E-state index in [4.69, 9.17) is 21.1 Å². The molecule has 2 bridgehead atoms. The average molecular weight is 638 g/mol. The standard InChI is InChI=1S/C30H38BrClN2O6/c1-5-8-9-15-39-29(38)23-24-27(36)34(22(17-35)18(4)7-3)26(30(24)16-21(31)25(23)40-30)28(37)33(14-6-2)20-12-10-19(32)11-13-20/h5-6,10-13,18,21-26,35H,1-2,7-9,14-17H2,3-4H3/t18-,21?,22-,23+,24-,25+,26?,30?/m0/s1. The summed E-state index contributed by atoms with van der Waals surface area (Å²) in [6.07, 6.45) is 5.13. The quantitative estimate of drug-likeness (QED) is 0.148. The van der Waals surface area contributed by atoms with Gasteiger partial charge >= 0.3 is 5.97 Å². The van der Waals surface area contributed by atoms with Crippen LogP contribution in [0.25, 0.3) is 0 Å². The van der Waals surface area contributed by atoms with E-state index in [1.807, 2.05) is 13.8 Å². The zero-order valence-corrected chi connectivity index (χ0v) is 25.4. The topological polar surface area (TPSA) is 96.4 Å². The summed E-state index contributed by atoms with van der Waals surface area (Å²) in [4.78, 5) is 45.2. The summed E-state index contributed by atoms with van der Waals surface area (Å²) >= 11 is 9.80. The van der Waals surface area contributed by atoms with Gasteiger partial charge in [-0.1, -0.05) is 60.0 Å². The lowest BCUT2D eigenvalue weighted by Crippen LogP contribution is -2.60. The molecule has 1 spiro atoms. The number of aliphatic hydroxyl groups is 1. The smallest absolute Gasteiger partial charge is 0.312 e. The molecule has 8 atom stereocenters. The van der Waals surface area contributed by atoms with Crippen LogP contribution in [0.5, 0.6) is 0 Å². The number of carbonyl (C=O) groups is 3. The Bertz CT molecular complexity index is 1130. The van der Waals surface area contributed by atoms with Gasteiger partial charge in [-0.05, 0) is 49.4 Å². The second kappa shape index (κ2) is 12.8. The summed E-state index contributed by atoms with van der Waals surface area (Å²) in [6.45, 7) is 11.5. The van der Waals surface area contributed by atoms with E-state index in [0.717, 1.165) is 0 Å². The second-order valence-electron chi connectivity index (χ2n) is 10.9. The van der Waals surface area contributed by atoms with Gasteiger partial charge in [0, 0.05) is 22.1 Å². The molecule has 2 amide bonds. The molecule has 4 rings (SSSR count). The molecule has 40 heavy (non-hydrogen) atoms. The minimum Gasteiger partial charge on any atom is -0.465 e. The summed E-state index contributed by atoms with van der Waals surface area (Å²) in [7, 11) is 0. The number of alkyl halides is 1. The first-order valence-electron chi connectivity index (χ1n) is 13.9. The number of hydrogen-bond acceptors (Lipinski definition) is 6. The van der Waals surface area contributed by atoms with Crippen LogP contribution in [0.2, 0.25) is 5.02 Å². The van der Waals surface area contributed by atoms with Crippen LogP contribution in [0.4, 0.5) is 5.69 Å². The first-order valence-corrected chi connectivity index (χ1v) is 15.2. The summed E-state index contributed by atoms with van der Waals surface area (Å²) in [5.74, 6) is -3.10. The van der Waals surface area contributed by atoms with Crippen LogP contribution in [-0.2, 0) is 23.9 Å². The Morgan fingerprint density at radius 3 is 2.62 bits per heavy atom. The molecule has 1 N–H and O–H groups in total. The van der Waals surface area contributed by atoms with Gasteiger partial charge < -0.3 is 24.4 Å². The molecule has 10 heteroatoms. The molecule has 0 aliphatic carbocycles. The highest BCUT2D eigenvalue weighted by molar-refractivity contribution is 9.09. The minimum atomic E-state index is -1.26. The third-order valence-corrected chi connectivity index (χ3v) is 9.69. The fourth-order valence-electron chi connectivity index (χ4n) is 6.50. The summed E-state index contributed by atoms with van der Waals surface area (Å²) in [5.41, 5.74) is -0.670. The number of amides is 2. The Morgan fingerprint density at radius 2 is 2.02 bits per heavy atom. The molecule has 218 valence electrons. The van der Waals surface area contributed by atoms with E-state index in [-0.39, 0.29) is 42.3 Å². The molecule has 3 heterocycles. The van der Waals surface area contributed by atoms with Gasteiger partial charge in [-0.3, -0.25) is 14.4 Å². The third kappa shape index (κ3) is 5.26. The molecule has 1 aromatic carbocycles. The zero-order chi connectivity index (χ0) is 29.2. The number of anilines is 1. The van der Waals surface area contributed by atoms with Crippen LogP contribution >= 0.6 is 27.5 Å². The maximum absolute atomic E-state index is 14.6. The highest BCUT2D eigenvalue weighted by Gasteiger charge is 2.77. The van der Waals surface area contributed by atoms with Gasteiger partial charge in [-0.25, -0.2) is 0 Å². The number of rotatable bonds is 13. The van der Waals surface area contributed by atoms with Crippen molar-refractivity contribution in [3.05, 3.63) is 54.6 Å². The molecule has 3 aliphatic heterocycles. The molecule has 8 nitrogen and oxygen atoms in total. The average Bonchev–Trinajstić information content (AvgIpc) is 3.54. The number of nitrogens with zero attached hydrogens (tertiary/aromatic N) is 2. The molecular weight excluding hydrogens is 600 g/mol. The first-order chi connectivity index (χ1) is 19.2. The van der Waals surface area contributed by atoms with Crippen molar-refractivity contribution in [3.8, 4) is 0 Å². The molecule has 3 unspecified atom stereocenters. The molecule has 0 saturated carbocycles. The maximum atomic E-state index is 14.6. The lowest BCUT2D eigenvalue weighted by atomic mass is 9.70. The number of aliphatic hydroxyl groups excluding tert-OH is 1. The normalized spacial score (nSPS) is 30.1. The summed E-state index contributed by atoms with van der Waals surface area (Å²) in [5, 5.41) is 11.0. The van der Waals surface area contributed by atoms with Gasteiger partial charge in [0.15, 0.2) is 0 Å². The van der Waals surface area contributed by atoms with Crippen molar-refractivity contribution < 1.29 is 29.0 Å². The van der Waals surface area contributed by atoms with E-state index in [2.05, 4.69) is 29.1 Å². The molecule has 0 aromatic heterocycles. The number of ether oxygens (including phenoxy) is 2. The van der Waals surface area contributed by atoms with Crippen molar-refractivity contribution in [1.29, 1.82) is 0 Å². The number of allylic oxidation sites excluding steroid dienone is 1. The van der Waals surface area contributed by atoms with Crippen molar-refractivity contribution in [3.63, 3.8) is 0 Å². The van der Waals surface area contributed by atoms with Crippen LogP contribution in [0.1, 0.15) is 39.5 Å². The zero-order valence-electron chi connectivity index (χ0n) is 23.0. The number of likely N-dealkylation sites (tertiary alicyclic amines) is 1. The monoisotopic (exact) mass is 636 g/mol. The Labute approximate surface area is 249 Å². The Kier molecular flexibility index (Phi) is 9.81. The van der Waals surface area contributed by atoms with Gasteiger partial charge in [0.25, 0.3) is 5.91 Å². The van der Waals surface area contributed by atoms with Gasteiger partial charge in [-0.2, -0.15) is 0 Å². The van der Waals surface area contributed by atoms with Crippen molar-refractivity contribution in [2.24, 2.45) is 17.8 Å². The minimum absolute atomic E-state index is 0.107. The van der Waals surface area contributed by atoms with Crippen LogP contribution in [-0.4, -0.2) is 76.2 Å². The SMILES string of the molecule is C=CCCCOC(=O)[C@H]1[C@@H]2OC3(CC2Br)C(C(=O)N(CC=C)c2ccc(Cl)cc2)N([C@@H](CO)[C@@H](C)CC)C(=O)[C@H]13. The van der Waals surface area contributed by atoms with Crippen molar-refractivity contribution in [1.82, 2.24) is 4.90 Å². The fraction of sp³-hybridized carbons (Fsp3) is 0.567. The van der Waals surface area contributed by atoms with Crippen molar-refractivity contribution in [2.75, 3.05) is 24.7 Å². The van der Waals surface area contributed by atoms with E-state index in [9.17, 15) is 19.5 Å². The number of halogens is 2. The highest BCUT2D eigenvalue weighted by atomic mass is 79.9. The molecule has 3 aliphatic rings. The van der Waals surface area contributed by atoms with Gasteiger partial charge in [-0.15, -0.1) is 13.2 Å². The Morgan fingerprint density at radius 1 is 1.32 bits per heavy atom. The third-order valence-electron chi connectivity index (χ3n) is 8.59. The Balaban J connectivity index is 1.79. The predicted molar refractivity (Wildman–Crippen MR) is 157 cm³/mol. The van der Waals surface area contributed by atoms with Gasteiger partial charge in [0.2, 0.25) is 5.91 Å². The number of hydrogen-bond donors (Lipinski definition) is 1. The first kappa shape index (κ1) is 30.8. The van der Waals surface area contributed by atoms with Crippen LogP contribution < -0.4 is 4.90 Å². The van der Waals surface area contributed by atoms with E-state index >= 15 is 0 Å². The highest BCUT2D eigenvalue weighted by Crippen LogP contribution is 2.61. The van der Waals surface area contributed by atoms with E-state index < -0.39 is 41.6 Å². The molecule has 0 radical (unpaired) electrons. The van der Waals surface area contributed by atoms with Crippen molar-refractivity contribution in [2.45, 2.75) is 68.1 Å². The number of esters is 1. The van der Waals surface area contributed by atoms with E-state index in [0.29, 0.717) is 36.4 Å². The summed E-state index contributed by atoms with van der Waals surface area (Å²) in [6, 6.07) is 5.17. The fourth-order valence-corrected chi connectivity index (χ4v) is 7.57. The maximum Gasteiger partial charge on any atom is 0.312 e. The second-order valence-corrected chi connectivity index (χ2v) is 12.5. The molecule has 3 fully saturated rings. The van der Waals surface area contributed by atoms with Crippen LogP contribution in [0.15, 0.2) is 49.6 Å². The lowest BCUT2D eigenvalue weighted by molar-refractivity contribution is -0.156.